The molecule has 7 nitrogen and oxygen atoms in total. The molecule has 25 heavy (non-hydrogen) atoms. The Bertz CT molecular complexity index is 792. The molecule has 1 atom stereocenters. The fraction of sp³-hybridized carbons (Fsp3) is 0.294. The van der Waals surface area contributed by atoms with Gasteiger partial charge in [-0.15, -0.1) is 0 Å². The van der Waals surface area contributed by atoms with Gasteiger partial charge in [0.05, 0.1) is 15.9 Å². The van der Waals surface area contributed by atoms with Gasteiger partial charge in [0, 0.05) is 25.3 Å². The molecule has 0 aliphatic rings. The molecular formula is C17H20N2O5S. The van der Waals surface area contributed by atoms with Crippen molar-refractivity contribution in [3.05, 3.63) is 70.3 Å². The molecule has 0 aliphatic heterocycles. The lowest BCUT2D eigenvalue weighted by molar-refractivity contribution is -0.384. The second-order valence-corrected chi connectivity index (χ2v) is 7.19. The zero-order valence-electron chi connectivity index (χ0n) is 13.8. The maximum Gasteiger partial charge on any atom is 0.269 e. The fourth-order valence-electron chi connectivity index (χ4n) is 2.19. The number of nitrogens with one attached hydrogen (secondary N) is 1. The number of benzene rings is 2. The van der Waals surface area contributed by atoms with Gasteiger partial charge in [-0.05, 0) is 31.0 Å². The van der Waals surface area contributed by atoms with Crippen molar-refractivity contribution in [3.8, 4) is 0 Å². The van der Waals surface area contributed by atoms with Gasteiger partial charge in [-0.25, -0.2) is 13.1 Å². The molecular weight excluding hydrogens is 344 g/mol. The predicted molar refractivity (Wildman–Crippen MR) is 93.7 cm³/mol. The van der Waals surface area contributed by atoms with Crippen LogP contribution in [0.15, 0.2) is 59.5 Å². The zero-order chi connectivity index (χ0) is 18.3. The zero-order valence-corrected chi connectivity index (χ0v) is 14.6. The summed E-state index contributed by atoms with van der Waals surface area (Å²) in [5, 5.41) is 10.6. The van der Waals surface area contributed by atoms with Gasteiger partial charge in [0.2, 0.25) is 10.0 Å². The van der Waals surface area contributed by atoms with E-state index in [9.17, 15) is 18.5 Å². The van der Waals surface area contributed by atoms with Crippen molar-refractivity contribution in [2.45, 2.75) is 24.3 Å². The van der Waals surface area contributed by atoms with E-state index >= 15 is 0 Å². The molecule has 0 saturated heterocycles. The van der Waals surface area contributed by atoms with Gasteiger partial charge in [0.1, 0.15) is 0 Å². The summed E-state index contributed by atoms with van der Waals surface area (Å²) in [7, 11) is -3.68. The minimum absolute atomic E-state index is 0.00308. The lowest BCUT2D eigenvalue weighted by Crippen LogP contribution is -2.25. The van der Waals surface area contributed by atoms with Crippen LogP contribution < -0.4 is 4.72 Å². The minimum atomic E-state index is -3.68. The van der Waals surface area contributed by atoms with Crippen LogP contribution in [0.5, 0.6) is 0 Å². The third-order valence-electron chi connectivity index (χ3n) is 3.61. The number of hydrogen-bond donors (Lipinski definition) is 1. The average Bonchev–Trinajstić information content (AvgIpc) is 2.62. The molecule has 2 aromatic carbocycles. The van der Waals surface area contributed by atoms with Crippen LogP contribution >= 0.6 is 0 Å². The molecule has 0 spiro atoms. The van der Waals surface area contributed by atoms with E-state index in [-0.39, 0.29) is 23.2 Å². The largest absolute Gasteiger partial charge is 0.374 e. The third kappa shape index (κ3) is 5.63. The van der Waals surface area contributed by atoms with Crippen LogP contribution in [-0.2, 0) is 14.8 Å². The van der Waals surface area contributed by atoms with E-state index in [4.69, 9.17) is 4.74 Å². The van der Waals surface area contributed by atoms with E-state index in [1.54, 1.807) is 0 Å². The fourth-order valence-corrected chi connectivity index (χ4v) is 3.26. The van der Waals surface area contributed by atoms with Crippen molar-refractivity contribution in [3.63, 3.8) is 0 Å². The molecule has 0 heterocycles. The van der Waals surface area contributed by atoms with Crippen LogP contribution in [0.1, 0.15) is 25.0 Å². The molecule has 8 heteroatoms. The number of nitrogens with zero attached hydrogens (tertiary/aromatic N) is 1. The highest BCUT2D eigenvalue weighted by Crippen LogP contribution is 2.17. The van der Waals surface area contributed by atoms with E-state index < -0.39 is 14.9 Å². The molecule has 134 valence electrons. The molecule has 2 aromatic rings. The highest BCUT2D eigenvalue weighted by atomic mass is 32.2. The van der Waals surface area contributed by atoms with Crippen LogP contribution in [-0.4, -0.2) is 26.5 Å². The number of nitro groups is 1. The highest BCUT2D eigenvalue weighted by molar-refractivity contribution is 7.89. The molecule has 0 bridgehead atoms. The molecule has 0 aromatic heterocycles. The molecule has 1 unspecified atom stereocenters. The van der Waals surface area contributed by atoms with Crippen molar-refractivity contribution in [2.75, 3.05) is 13.2 Å². The first kappa shape index (κ1) is 19.0. The lowest BCUT2D eigenvalue weighted by Gasteiger charge is -2.13. The molecule has 1 N–H and O–H groups in total. The topological polar surface area (TPSA) is 98.5 Å². The Balaban J connectivity index is 1.77. The number of sulfonamides is 1. The molecule has 2 rings (SSSR count). The van der Waals surface area contributed by atoms with E-state index in [1.165, 1.54) is 24.3 Å². The Morgan fingerprint density at radius 3 is 2.36 bits per heavy atom. The monoisotopic (exact) mass is 364 g/mol. The summed E-state index contributed by atoms with van der Waals surface area (Å²) < 4.78 is 32.4. The lowest BCUT2D eigenvalue weighted by atomic mass is 10.1. The van der Waals surface area contributed by atoms with Crippen molar-refractivity contribution < 1.29 is 18.1 Å². The number of ether oxygens (including phenoxy) is 1. The van der Waals surface area contributed by atoms with Crippen LogP contribution in [0, 0.1) is 10.1 Å². The summed E-state index contributed by atoms with van der Waals surface area (Å²) in [6.07, 6.45) is 0.455. The Morgan fingerprint density at radius 2 is 1.76 bits per heavy atom. The minimum Gasteiger partial charge on any atom is -0.374 e. The van der Waals surface area contributed by atoms with E-state index in [2.05, 4.69) is 4.72 Å². The molecule has 0 fully saturated rings. The molecule has 0 radical (unpaired) electrons. The second kappa shape index (κ2) is 8.70. The van der Waals surface area contributed by atoms with Gasteiger partial charge >= 0.3 is 0 Å². The SMILES string of the molecule is CC(OCCCNS(=O)(=O)c1ccc([N+](=O)[O-])cc1)c1ccccc1. The smallest absolute Gasteiger partial charge is 0.269 e. The van der Waals surface area contributed by atoms with Crippen LogP contribution in [0.25, 0.3) is 0 Å². The first-order valence-corrected chi connectivity index (χ1v) is 9.29. The van der Waals surface area contributed by atoms with E-state index in [1.807, 2.05) is 37.3 Å². The van der Waals surface area contributed by atoms with Gasteiger partial charge < -0.3 is 4.74 Å². The normalized spacial score (nSPS) is 12.7. The van der Waals surface area contributed by atoms with Gasteiger partial charge in [0.25, 0.3) is 5.69 Å². The summed E-state index contributed by atoms with van der Waals surface area (Å²) in [6, 6.07) is 14.5. The number of hydrogen-bond acceptors (Lipinski definition) is 5. The number of nitro benzene ring substituents is 1. The highest BCUT2D eigenvalue weighted by Gasteiger charge is 2.15. The maximum absolute atomic E-state index is 12.1. The molecule has 0 saturated carbocycles. The van der Waals surface area contributed by atoms with Gasteiger partial charge in [0.15, 0.2) is 0 Å². The predicted octanol–water partition coefficient (Wildman–Crippen LogP) is 3.04. The Kier molecular flexibility index (Phi) is 6.63. The molecule has 0 aliphatic carbocycles. The van der Waals surface area contributed by atoms with Crippen molar-refractivity contribution in [1.29, 1.82) is 0 Å². The first-order chi connectivity index (χ1) is 11.9. The Labute approximate surface area is 146 Å². The summed E-state index contributed by atoms with van der Waals surface area (Å²) in [4.78, 5) is 10.0. The van der Waals surface area contributed by atoms with Gasteiger partial charge in [-0.1, -0.05) is 30.3 Å². The number of rotatable bonds is 9. The van der Waals surface area contributed by atoms with Crippen molar-refractivity contribution in [2.24, 2.45) is 0 Å². The maximum atomic E-state index is 12.1. The average molecular weight is 364 g/mol. The van der Waals surface area contributed by atoms with E-state index in [0.717, 1.165) is 5.56 Å². The van der Waals surface area contributed by atoms with Gasteiger partial charge in [-0.2, -0.15) is 0 Å². The van der Waals surface area contributed by atoms with E-state index in [0.29, 0.717) is 13.0 Å². The van der Waals surface area contributed by atoms with Crippen LogP contribution in [0.2, 0.25) is 0 Å². The third-order valence-corrected chi connectivity index (χ3v) is 5.08. The van der Waals surface area contributed by atoms with Crippen LogP contribution in [0.4, 0.5) is 5.69 Å². The van der Waals surface area contributed by atoms with Crippen molar-refractivity contribution in [1.82, 2.24) is 4.72 Å². The standard InChI is InChI=1S/C17H20N2O5S/c1-14(15-6-3-2-4-7-15)24-13-5-12-18-25(22,23)17-10-8-16(9-11-17)19(20)21/h2-4,6-11,14,18H,5,12-13H2,1H3. The quantitative estimate of drug-likeness (QED) is 0.419. The number of non-ortho nitro benzene ring substituents is 1. The Morgan fingerprint density at radius 1 is 1.12 bits per heavy atom. The second-order valence-electron chi connectivity index (χ2n) is 5.43. The Hall–Kier alpha value is -2.29. The summed E-state index contributed by atoms with van der Waals surface area (Å²) in [5.41, 5.74) is 0.913. The van der Waals surface area contributed by atoms with Crippen LogP contribution in [0.3, 0.4) is 0 Å². The van der Waals surface area contributed by atoms with Crippen molar-refractivity contribution >= 4 is 15.7 Å². The summed E-state index contributed by atoms with van der Waals surface area (Å²) in [6.45, 7) is 2.58. The summed E-state index contributed by atoms with van der Waals surface area (Å²) >= 11 is 0. The first-order valence-electron chi connectivity index (χ1n) is 7.81. The summed E-state index contributed by atoms with van der Waals surface area (Å²) in [5.74, 6) is 0. The molecule has 0 amide bonds. The van der Waals surface area contributed by atoms with Gasteiger partial charge in [-0.3, -0.25) is 10.1 Å².